The van der Waals surface area contributed by atoms with E-state index in [1.54, 1.807) is 22.9 Å². The molecule has 0 fully saturated rings. The van der Waals surface area contributed by atoms with Crippen LogP contribution < -0.4 is 10.1 Å². The molecule has 2 aromatic carbocycles. The van der Waals surface area contributed by atoms with Crippen molar-refractivity contribution in [3.8, 4) is 23.1 Å². The van der Waals surface area contributed by atoms with Gasteiger partial charge in [-0.2, -0.15) is 10.4 Å². The SMILES string of the molecule is COc1ccc(F)c2c1cc(C#N)n2CCNc1cc(-c2ccc3[nH]ncc3c2)ncn1. The summed E-state index contributed by atoms with van der Waals surface area (Å²) >= 11 is 0. The molecular formula is C23H18FN7O. The third kappa shape index (κ3) is 3.37. The van der Waals surface area contributed by atoms with Gasteiger partial charge in [0.05, 0.1) is 30.0 Å². The standard InChI is InChI=1S/C23H18FN7O/c1-32-21-5-3-18(24)23-17(21)9-16(11-25)31(23)7-6-26-22-10-20(27-13-28-22)14-2-4-19-15(8-14)12-29-30-19/h2-5,8-10,12-13H,6-7H2,1H3,(H,29,30)(H,26,27,28). The molecule has 0 atom stereocenters. The molecule has 0 spiro atoms. The number of H-pyrrole nitrogens is 1. The van der Waals surface area contributed by atoms with Gasteiger partial charge in [0, 0.05) is 35.5 Å². The molecule has 32 heavy (non-hydrogen) atoms. The van der Waals surface area contributed by atoms with Crippen LogP contribution in [0.5, 0.6) is 5.75 Å². The maximum atomic E-state index is 14.6. The van der Waals surface area contributed by atoms with E-state index in [2.05, 4.69) is 31.6 Å². The van der Waals surface area contributed by atoms with Gasteiger partial charge in [-0.1, -0.05) is 6.07 Å². The lowest BCUT2D eigenvalue weighted by atomic mass is 10.1. The third-order valence-corrected chi connectivity index (χ3v) is 5.35. The lowest BCUT2D eigenvalue weighted by molar-refractivity contribution is 0.419. The summed E-state index contributed by atoms with van der Waals surface area (Å²) in [5.41, 5.74) is 3.38. The summed E-state index contributed by atoms with van der Waals surface area (Å²) in [4.78, 5) is 8.64. The molecule has 0 radical (unpaired) electrons. The Bertz CT molecular complexity index is 1480. The summed E-state index contributed by atoms with van der Waals surface area (Å²) in [6.45, 7) is 0.809. The number of methoxy groups -OCH3 is 1. The van der Waals surface area contributed by atoms with E-state index in [1.165, 1.54) is 19.5 Å². The quantitative estimate of drug-likeness (QED) is 0.423. The largest absolute Gasteiger partial charge is 0.496 e. The summed E-state index contributed by atoms with van der Waals surface area (Å²) in [6.07, 6.45) is 3.26. The average Bonchev–Trinajstić information content (AvgIpc) is 3.44. The second kappa shape index (κ2) is 8.00. The van der Waals surface area contributed by atoms with Crippen LogP contribution in [0.1, 0.15) is 5.69 Å². The van der Waals surface area contributed by atoms with E-state index in [-0.39, 0.29) is 0 Å². The number of rotatable bonds is 6. The Morgan fingerprint density at radius 1 is 1.19 bits per heavy atom. The Hall–Kier alpha value is -4.45. The Morgan fingerprint density at radius 3 is 2.94 bits per heavy atom. The first-order chi connectivity index (χ1) is 15.7. The summed E-state index contributed by atoms with van der Waals surface area (Å²) in [7, 11) is 1.52. The highest BCUT2D eigenvalue weighted by Crippen LogP contribution is 2.31. The van der Waals surface area contributed by atoms with Crippen molar-refractivity contribution in [3.05, 3.63) is 66.5 Å². The van der Waals surface area contributed by atoms with Gasteiger partial charge in [0.1, 0.15) is 35.5 Å². The number of ether oxygens (including phenoxy) is 1. The summed E-state index contributed by atoms with van der Waals surface area (Å²) in [5.74, 6) is 0.760. The predicted octanol–water partition coefficient (Wildman–Crippen LogP) is 4.11. The lowest BCUT2D eigenvalue weighted by Crippen LogP contribution is -2.13. The van der Waals surface area contributed by atoms with Crippen LogP contribution in [0.3, 0.4) is 0 Å². The summed E-state index contributed by atoms with van der Waals surface area (Å²) in [6, 6.07) is 14.5. The van der Waals surface area contributed by atoms with Crippen LogP contribution in [-0.2, 0) is 6.54 Å². The molecule has 3 heterocycles. The number of anilines is 1. The van der Waals surface area contributed by atoms with Crippen LogP contribution in [0.4, 0.5) is 10.2 Å². The number of hydrogen-bond donors (Lipinski definition) is 2. The number of nitrogens with one attached hydrogen (secondary N) is 2. The van der Waals surface area contributed by atoms with Gasteiger partial charge in [0.25, 0.3) is 0 Å². The zero-order chi connectivity index (χ0) is 22.1. The molecule has 3 aromatic heterocycles. The van der Waals surface area contributed by atoms with E-state index in [0.717, 1.165) is 22.2 Å². The smallest absolute Gasteiger partial charge is 0.147 e. The number of nitriles is 1. The van der Waals surface area contributed by atoms with Crippen LogP contribution in [0, 0.1) is 17.1 Å². The van der Waals surface area contributed by atoms with Gasteiger partial charge in [-0.25, -0.2) is 14.4 Å². The number of hydrogen-bond acceptors (Lipinski definition) is 6. The van der Waals surface area contributed by atoms with Crippen LogP contribution in [0.25, 0.3) is 33.1 Å². The Morgan fingerprint density at radius 2 is 2.09 bits per heavy atom. The molecule has 0 amide bonds. The second-order valence-corrected chi connectivity index (χ2v) is 7.19. The minimum absolute atomic E-state index is 0.347. The highest BCUT2D eigenvalue weighted by molar-refractivity contribution is 5.89. The Balaban J connectivity index is 1.38. The van der Waals surface area contributed by atoms with Crippen molar-refractivity contribution in [2.45, 2.75) is 6.54 Å². The van der Waals surface area contributed by atoms with E-state index in [1.807, 2.05) is 24.3 Å². The van der Waals surface area contributed by atoms with Crippen molar-refractivity contribution < 1.29 is 9.13 Å². The van der Waals surface area contributed by atoms with Gasteiger partial charge < -0.3 is 14.6 Å². The molecule has 0 unspecified atom stereocenters. The topological polar surface area (TPSA) is 104 Å². The minimum Gasteiger partial charge on any atom is -0.496 e. The first-order valence-corrected chi connectivity index (χ1v) is 9.93. The molecule has 2 N–H and O–H groups in total. The zero-order valence-corrected chi connectivity index (χ0v) is 17.1. The molecular weight excluding hydrogens is 409 g/mol. The van der Waals surface area contributed by atoms with Crippen molar-refractivity contribution in [3.63, 3.8) is 0 Å². The van der Waals surface area contributed by atoms with Gasteiger partial charge in [-0.05, 0) is 30.3 Å². The van der Waals surface area contributed by atoms with Crippen LogP contribution in [-0.4, -0.2) is 38.4 Å². The number of fused-ring (bicyclic) bond motifs is 2. The van der Waals surface area contributed by atoms with Gasteiger partial charge in [0.2, 0.25) is 0 Å². The summed E-state index contributed by atoms with van der Waals surface area (Å²) < 4.78 is 21.5. The zero-order valence-electron chi connectivity index (χ0n) is 17.1. The van der Waals surface area contributed by atoms with E-state index >= 15 is 0 Å². The molecule has 0 bridgehead atoms. The van der Waals surface area contributed by atoms with Gasteiger partial charge >= 0.3 is 0 Å². The van der Waals surface area contributed by atoms with Crippen LogP contribution in [0.15, 0.2) is 55.0 Å². The second-order valence-electron chi connectivity index (χ2n) is 7.19. The van der Waals surface area contributed by atoms with E-state index in [4.69, 9.17) is 4.74 Å². The van der Waals surface area contributed by atoms with E-state index in [9.17, 15) is 9.65 Å². The fraction of sp³-hybridized carbons (Fsp3) is 0.130. The van der Waals surface area contributed by atoms with Gasteiger partial charge in [-0.3, -0.25) is 5.10 Å². The fourth-order valence-electron chi connectivity index (χ4n) is 3.82. The van der Waals surface area contributed by atoms with Crippen LogP contribution in [0.2, 0.25) is 0 Å². The maximum absolute atomic E-state index is 14.6. The number of halogens is 1. The molecule has 0 aliphatic rings. The minimum atomic E-state index is -0.402. The van der Waals surface area contributed by atoms with Crippen molar-refractivity contribution >= 4 is 27.6 Å². The normalized spacial score (nSPS) is 11.0. The monoisotopic (exact) mass is 427 g/mol. The molecule has 0 aliphatic carbocycles. The maximum Gasteiger partial charge on any atom is 0.147 e. The van der Waals surface area contributed by atoms with Crippen molar-refractivity contribution in [1.82, 2.24) is 24.7 Å². The number of aromatic nitrogens is 5. The highest BCUT2D eigenvalue weighted by atomic mass is 19.1. The van der Waals surface area contributed by atoms with Gasteiger partial charge in [0.15, 0.2) is 0 Å². The van der Waals surface area contributed by atoms with Crippen molar-refractivity contribution in [2.24, 2.45) is 0 Å². The number of aromatic amines is 1. The Labute approximate surface area is 182 Å². The average molecular weight is 427 g/mol. The molecule has 5 rings (SSSR count). The number of benzene rings is 2. The first-order valence-electron chi connectivity index (χ1n) is 9.93. The molecule has 5 aromatic rings. The van der Waals surface area contributed by atoms with Crippen LogP contribution >= 0.6 is 0 Å². The lowest BCUT2D eigenvalue weighted by Gasteiger charge is -2.11. The van der Waals surface area contributed by atoms with Gasteiger partial charge in [-0.15, -0.1) is 0 Å². The molecule has 0 saturated carbocycles. The molecule has 0 saturated heterocycles. The first kappa shape index (κ1) is 19.5. The molecule has 8 nitrogen and oxygen atoms in total. The number of nitrogens with zero attached hydrogens (tertiary/aromatic N) is 5. The molecule has 0 aliphatic heterocycles. The van der Waals surface area contributed by atoms with E-state index < -0.39 is 5.82 Å². The van der Waals surface area contributed by atoms with Crippen molar-refractivity contribution in [1.29, 1.82) is 5.26 Å². The molecule has 9 heteroatoms. The summed E-state index contributed by atoms with van der Waals surface area (Å²) in [5, 5.41) is 21.3. The fourth-order valence-corrected chi connectivity index (χ4v) is 3.82. The predicted molar refractivity (Wildman–Crippen MR) is 119 cm³/mol. The van der Waals surface area contributed by atoms with Crippen molar-refractivity contribution in [2.75, 3.05) is 19.0 Å². The van der Waals surface area contributed by atoms with E-state index in [0.29, 0.717) is 41.3 Å². The molecule has 158 valence electrons. The Kier molecular flexibility index (Phi) is 4.88. The highest BCUT2D eigenvalue weighted by Gasteiger charge is 2.16. The third-order valence-electron chi connectivity index (χ3n) is 5.35.